The van der Waals surface area contributed by atoms with Crippen molar-refractivity contribution in [2.75, 3.05) is 17.7 Å². The fourth-order valence-electron chi connectivity index (χ4n) is 2.10. The molecule has 0 spiro atoms. The monoisotopic (exact) mass is 301 g/mol. The Morgan fingerprint density at radius 2 is 1.86 bits per heavy atom. The molecule has 2 N–H and O–H groups in total. The molecule has 22 heavy (non-hydrogen) atoms. The van der Waals surface area contributed by atoms with Gasteiger partial charge in [-0.1, -0.05) is 25.5 Å². The van der Waals surface area contributed by atoms with Gasteiger partial charge in [-0.3, -0.25) is 10.1 Å². The number of hydrogen-bond acceptors (Lipinski definition) is 6. The summed E-state index contributed by atoms with van der Waals surface area (Å²) in [6.45, 7) is 2.16. The molecule has 7 heteroatoms. The fourth-order valence-corrected chi connectivity index (χ4v) is 2.10. The smallest absolute Gasteiger partial charge is 0.353 e. The summed E-state index contributed by atoms with van der Waals surface area (Å²) in [5.41, 5.74) is 1.84. The van der Waals surface area contributed by atoms with Gasteiger partial charge in [0.1, 0.15) is 6.33 Å². The van der Waals surface area contributed by atoms with Gasteiger partial charge in [-0.25, -0.2) is 9.97 Å². The van der Waals surface area contributed by atoms with Crippen LogP contribution < -0.4 is 10.6 Å². The van der Waals surface area contributed by atoms with Crippen molar-refractivity contribution < 1.29 is 4.92 Å². The molecule has 1 aromatic carbocycles. The molecule has 0 radical (unpaired) electrons. The van der Waals surface area contributed by atoms with Crippen molar-refractivity contribution in [3.05, 3.63) is 46.3 Å². The quantitative estimate of drug-likeness (QED) is 0.600. The lowest BCUT2D eigenvalue weighted by Gasteiger charge is -2.09. The van der Waals surface area contributed by atoms with Gasteiger partial charge in [0.2, 0.25) is 11.6 Å². The average Bonchev–Trinajstić information content (AvgIpc) is 2.53. The average molecular weight is 301 g/mol. The highest BCUT2D eigenvalue weighted by Crippen LogP contribution is 2.30. The van der Waals surface area contributed by atoms with E-state index >= 15 is 0 Å². The molecule has 1 aromatic heterocycles. The topological polar surface area (TPSA) is 93.0 Å². The van der Waals surface area contributed by atoms with Crippen LogP contribution in [0.15, 0.2) is 30.6 Å². The lowest BCUT2D eigenvalue weighted by atomic mass is 10.1. The van der Waals surface area contributed by atoms with Crippen LogP contribution in [-0.2, 0) is 6.42 Å². The molecule has 0 aliphatic rings. The van der Waals surface area contributed by atoms with Crippen LogP contribution in [0.25, 0.3) is 0 Å². The normalized spacial score (nSPS) is 10.3. The van der Waals surface area contributed by atoms with Crippen LogP contribution in [0.4, 0.5) is 23.0 Å². The zero-order valence-corrected chi connectivity index (χ0v) is 12.7. The van der Waals surface area contributed by atoms with Crippen LogP contribution in [0.1, 0.15) is 25.3 Å². The van der Waals surface area contributed by atoms with Gasteiger partial charge >= 0.3 is 5.69 Å². The Morgan fingerprint density at radius 1 is 1.18 bits per heavy atom. The maximum atomic E-state index is 11.2. The molecule has 0 saturated heterocycles. The number of nitrogens with one attached hydrogen (secondary N) is 2. The minimum Gasteiger partial charge on any atom is -0.367 e. The molecular weight excluding hydrogens is 282 g/mol. The standard InChI is InChI=1S/C15H19N5O2/c1-3-4-5-11-6-8-12(9-7-11)19-15-13(20(21)22)14(16-2)17-10-18-15/h6-10H,3-5H2,1-2H3,(H2,16,17,18,19). The van der Waals surface area contributed by atoms with Crippen molar-refractivity contribution in [1.29, 1.82) is 0 Å². The number of aryl methyl sites for hydroxylation is 1. The number of aromatic nitrogens is 2. The van der Waals surface area contributed by atoms with E-state index < -0.39 is 4.92 Å². The molecule has 2 aromatic rings. The van der Waals surface area contributed by atoms with Crippen molar-refractivity contribution in [3.8, 4) is 0 Å². The predicted octanol–water partition coefficient (Wildman–Crippen LogP) is 3.51. The number of anilines is 3. The Kier molecular flexibility index (Phi) is 5.24. The molecule has 0 saturated carbocycles. The number of hydrogen-bond donors (Lipinski definition) is 2. The molecule has 7 nitrogen and oxygen atoms in total. The van der Waals surface area contributed by atoms with Gasteiger partial charge in [-0.2, -0.15) is 0 Å². The van der Waals surface area contributed by atoms with Crippen LogP contribution in [0.3, 0.4) is 0 Å². The number of benzene rings is 1. The molecule has 2 rings (SSSR count). The van der Waals surface area contributed by atoms with Crippen LogP contribution in [0.2, 0.25) is 0 Å². The molecule has 116 valence electrons. The van der Waals surface area contributed by atoms with E-state index in [1.165, 1.54) is 11.9 Å². The Labute approximate surface area is 129 Å². The van der Waals surface area contributed by atoms with Gasteiger partial charge in [0, 0.05) is 12.7 Å². The molecule has 1 heterocycles. The van der Waals surface area contributed by atoms with Crippen molar-refractivity contribution >= 4 is 23.0 Å². The van der Waals surface area contributed by atoms with Crippen molar-refractivity contribution in [3.63, 3.8) is 0 Å². The summed E-state index contributed by atoms with van der Waals surface area (Å²) in [6, 6.07) is 7.83. The highest BCUT2D eigenvalue weighted by Gasteiger charge is 2.22. The summed E-state index contributed by atoms with van der Waals surface area (Å²) < 4.78 is 0. The van der Waals surface area contributed by atoms with Crippen molar-refractivity contribution in [2.45, 2.75) is 26.2 Å². The lowest BCUT2D eigenvalue weighted by Crippen LogP contribution is -2.05. The zero-order valence-electron chi connectivity index (χ0n) is 12.7. The SMILES string of the molecule is CCCCc1ccc(Nc2ncnc(NC)c2[N+](=O)[O-])cc1. The van der Waals surface area contributed by atoms with E-state index in [0.717, 1.165) is 24.9 Å². The highest BCUT2D eigenvalue weighted by molar-refractivity contribution is 5.73. The van der Waals surface area contributed by atoms with Gasteiger partial charge in [0.25, 0.3) is 0 Å². The van der Waals surface area contributed by atoms with Gasteiger partial charge in [0.05, 0.1) is 4.92 Å². The lowest BCUT2D eigenvalue weighted by molar-refractivity contribution is -0.383. The van der Waals surface area contributed by atoms with E-state index in [4.69, 9.17) is 0 Å². The van der Waals surface area contributed by atoms with Gasteiger partial charge in [-0.05, 0) is 30.5 Å². The van der Waals surface area contributed by atoms with E-state index in [-0.39, 0.29) is 17.3 Å². The van der Waals surface area contributed by atoms with Crippen LogP contribution >= 0.6 is 0 Å². The van der Waals surface area contributed by atoms with Gasteiger partial charge in [0.15, 0.2) is 0 Å². The first-order valence-corrected chi connectivity index (χ1v) is 7.18. The molecule has 0 amide bonds. The van der Waals surface area contributed by atoms with E-state index in [9.17, 15) is 10.1 Å². The molecule has 0 bridgehead atoms. The number of rotatable bonds is 7. The summed E-state index contributed by atoms with van der Waals surface area (Å²) in [7, 11) is 1.58. The summed E-state index contributed by atoms with van der Waals surface area (Å²) in [5.74, 6) is 0.354. The van der Waals surface area contributed by atoms with Crippen molar-refractivity contribution in [1.82, 2.24) is 9.97 Å². The first-order valence-electron chi connectivity index (χ1n) is 7.18. The van der Waals surface area contributed by atoms with E-state index in [2.05, 4.69) is 27.5 Å². The predicted molar refractivity (Wildman–Crippen MR) is 86.6 cm³/mol. The molecular formula is C15H19N5O2. The van der Waals surface area contributed by atoms with E-state index in [1.54, 1.807) is 7.05 Å². The second-order valence-electron chi connectivity index (χ2n) is 4.85. The zero-order chi connectivity index (χ0) is 15.9. The first kappa shape index (κ1) is 15.7. The van der Waals surface area contributed by atoms with Crippen LogP contribution in [0, 0.1) is 10.1 Å². The summed E-state index contributed by atoms with van der Waals surface area (Å²) >= 11 is 0. The third kappa shape index (κ3) is 3.69. The minimum absolute atomic E-state index is 0.167. The number of unbranched alkanes of at least 4 members (excludes halogenated alkanes) is 1. The maximum Gasteiger partial charge on any atom is 0.353 e. The maximum absolute atomic E-state index is 11.2. The third-order valence-electron chi connectivity index (χ3n) is 3.28. The highest BCUT2D eigenvalue weighted by atomic mass is 16.6. The molecule has 0 atom stereocenters. The van der Waals surface area contributed by atoms with E-state index in [0.29, 0.717) is 0 Å². The van der Waals surface area contributed by atoms with Gasteiger partial charge in [-0.15, -0.1) is 0 Å². The first-order chi connectivity index (χ1) is 10.7. The fraction of sp³-hybridized carbons (Fsp3) is 0.333. The van der Waals surface area contributed by atoms with Gasteiger partial charge < -0.3 is 10.6 Å². The second-order valence-corrected chi connectivity index (χ2v) is 4.85. The van der Waals surface area contributed by atoms with E-state index in [1.807, 2.05) is 24.3 Å². The summed E-state index contributed by atoms with van der Waals surface area (Å²) in [5, 5.41) is 16.9. The Bertz CT molecular complexity index is 643. The van der Waals surface area contributed by atoms with Crippen LogP contribution in [-0.4, -0.2) is 21.9 Å². The molecule has 0 aliphatic heterocycles. The Morgan fingerprint density at radius 3 is 2.45 bits per heavy atom. The minimum atomic E-state index is -0.496. The number of nitrogens with zero attached hydrogens (tertiary/aromatic N) is 3. The van der Waals surface area contributed by atoms with Crippen molar-refractivity contribution in [2.24, 2.45) is 0 Å². The second kappa shape index (κ2) is 7.35. The molecule has 0 unspecified atom stereocenters. The molecule has 0 fully saturated rings. The Hall–Kier alpha value is -2.70. The Balaban J connectivity index is 2.22. The number of nitro groups is 1. The van der Waals surface area contributed by atoms with Crippen LogP contribution in [0.5, 0.6) is 0 Å². The summed E-state index contributed by atoms with van der Waals surface area (Å²) in [4.78, 5) is 18.5. The summed E-state index contributed by atoms with van der Waals surface area (Å²) in [6.07, 6.45) is 4.63. The third-order valence-corrected chi connectivity index (χ3v) is 3.28. The molecule has 0 aliphatic carbocycles. The largest absolute Gasteiger partial charge is 0.367 e.